The first-order valence-corrected chi connectivity index (χ1v) is 8.27. The molecule has 0 aromatic rings. The highest BCUT2D eigenvalue weighted by Crippen LogP contribution is 2.32. The summed E-state index contributed by atoms with van der Waals surface area (Å²) < 4.78 is 22.2. The Morgan fingerprint density at radius 1 is 1.33 bits per heavy atom. The summed E-state index contributed by atoms with van der Waals surface area (Å²) in [6, 6.07) is 0. The third-order valence-corrected chi connectivity index (χ3v) is 4.90. The summed E-state index contributed by atoms with van der Waals surface area (Å²) in [5, 5.41) is 3.46. The van der Waals surface area contributed by atoms with Crippen LogP contribution in [-0.4, -0.2) is 31.5 Å². The molecule has 0 spiro atoms. The Kier molecular flexibility index (Phi) is 3.30. The Morgan fingerprint density at radius 3 is 2.20 bits per heavy atom. The summed E-state index contributed by atoms with van der Waals surface area (Å²) in [4.78, 5) is 0. The molecule has 0 unspecified atom stereocenters. The maximum Gasteiger partial charge on any atom is 0.199 e. The molecular formula is C10H19NO2S2. The van der Waals surface area contributed by atoms with Gasteiger partial charge in [-0.3, -0.25) is 5.32 Å². The molecule has 0 aromatic heterocycles. The van der Waals surface area contributed by atoms with Gasteiger partial charge >= 0.3 is 0 Å². The molecule has 0 aromatic carbocycles. The molecular weight excluding hydrogens is 230 g/mol. The van der Waals surface area contributed by atoms with Crippen molar-refractivity contribution in [2.75, 3.05) is 12.0 Å². The molecule has 0 fully saturated rings. The quantitative estimate of drug-likeness (QED) is 0.611. The zero-order chi connectivity index (χ0) is 11.9. The monoisotopic (exact) mass is 249 g/mol. The molecule has 88 valence electrons. The van der Waals surface area contributed by atoms with E-state index < -0.39 is 8.87 Å². The van der Waals surface area contributed by atoms with E-state index in [0.29, 0.717) is 5.75 Å². The van der Waals surface area contributed by atoms with Crippen molar-refractivity contribution in [1.29, 1.82) is 0 Å². The molecule has 0 saturated carbocycles. The molecule has 1 heterocycles. The molecule has 5 heteroatoms. The third kappa shape index (κ3) is 3.81. The number of hydrogen-bond acceptors (Lipinski definition) is 4. The minimum absolute atomic E-state index is 0.0447. The zero-order valence-corrected chi connectivity index (χ0v) is 11.6. The number of nitrogens with one attached hydrogen (secondary N) is 1. The lowest BCUT2D eigenvalue weighted by Crippen LogP contribution is -2.45. The van der Waals surface area contributed by atoms with Gasteiger partial charge in [-0.2, -0.15) is 0 Å². The van der Waals surface area contributed by atoms with Gasteiger partial charge < -0.3 is 0 Å². The van der Waals surface area contributed by atoms with Crippen LogP contribution in [-0.2, 0) is 8.87 Å². The maximum absolute atomic E-state index is 11.1. The number of hydrogen-bond donors (Lipinski definition) is 1. The van der Waals surface area contributed by atoms with Crippen LogP contribution in [0.2, 0.25) is 0 Å². The van der Waals surface area contributed by atoms with Crippen molar-refractivity contribution in [3.63, 3.8) is 0 Å². The van der Waals surface area contributed by atoms with Gasteiger partial charge in [0.15, 0.2) is 8.87 Å². The predicted octanol–water partition coefficient (Wildman–Crippen LogP) is 1.77. The molecule has 0 bridgehead atoms. The van der Waals surface area contributed by atoms with E-state index in [1.54, 1.807) is 0 Å². The largest absolute Gasteiger partial charge is 0.300 e. The molecule has 1 N–H and O–H groups in total. The molecule has 0 amide bonds. The average Bonchev–Trinajstić information content (AvgIpc) is 2.13. The fourth-order valence-corrected chi connectivity index (χ4v) is 3.74. The zero-order valence-electron chi connectivity index (χ0n) is 9.92. The highest BCUT2D eigenvalue weighted by molar-refractivity contribution is 8.71. The number of rotatable bonds is 3. The summed E-state index contributed by atoms with van der Waals surface area (Å²) in [5.74, 6) is 0.544. The van der Waals surface area contributed by atoms with Crippen LogP contribution in [0.5, 0.6) is 0 Å². The van der Waals surface area contributed by atoms with Crippen LogP contribution in [0, 0.1) is 0 Å². The first-order chi connectivity index (χ1) is 6.52. The van der Waals surface area contributed by atoms with Crippen molar-refractivity contribution in [3.05, 3.63) is 11.6 Å². The Labute approximate surface area is 96.0 Å². The van der Waals surface area contributed by atoms with E-state index in [-0.39, 0.29) is 11.1 Å². The average molecular weight is 249 g/mol. The second-order valence-electron chi connectivity index (χ2n) is 5.11. The van der Waals surface area contributed by atoms with E-state index in [0.717, 1.165) is 16.4 Å². The minimum atomic E-state index is -2.95. The SMILES string of the molecule is CC1(C)C=C(CSS(C)(=O)=O)C(C)(C)N1. The highest BCUT2D eigenvalue weighted by atomic mass is 33.1. The fraction of sp³-hybridized carbons (Fsp3) is 0.800. The van der Waals surface area contributed by atoms with Crippen molar-refractivity contribution in [3.8, 4) is 0 Å². The van der Waals surface area contributed by atoms with Gasteiger partial charge in [0.05, 0.1) is 0 Å². The summed E-state index contributed by atoms with van der Waals surface area (Å²) >= 11 is 0. The van der Waals surface area contributed by atoms with Crippen LogP contribution in [0.15, 0.2) is 11.6 Å². The van der Waals surface area contributed by atoms with Gasteiger partial charge in [-0.1, -0.05) is 6.08 Å². The van der Waals surface area contributed by atoms with Gasteiger partial charge in [0.2, 0.25) is 0 Å². The van der Waals surface area contributed by atoms with Crippen LogP contribution in [0.3, 0.4) is 0 Å². The smallest absolute Gasteiger partial charge is 0.199 e. The Balaban J connectivity index is 2.78. The first-order valence-electron chi connectivity index (χ1n) is 4.88. The van der Waals surface area contributed by atoms with Crippen molar-refractivity contribution in [2.24, 2.45) is 0 Å². The molecule has 0 atom stereocenters. The van der Waals surface area contributed by atoms with Crippen LogP contribution >= 0.6 is 10.8 Å². The molecule has 0 saturated heterocycles. The van der Waals surface area contributed by atoms with Gasteiger partial charge in [-0.15, -0.1) is 0 Å². The summed E-state index contributed by atoms with van der Waals surface area (Å²) in [6.45, 7) is 8.34. The van der Waals surface area contributed by atoms with E-state index in [1.165, 1.54) is 6.26 Å². The molecule has 1 aliphatic heterocycles. The van der Waals surface area contributed by atoms with Gasteiger partial charge in [0.25, 0.3) is 0 Å². The standard InChI is InChI=1S/C10H19NO2S2/c1-9(2)6-8(10(3,4)11-9)7-14-15(5,12)13/h6,11H,7H2,1-5H3. The topological polar surface area (TPSA) is 46.2 Å². The maximum atomic E-state index is 11.1. The summed E-state index contributed by atoms with van der Waals surface area (Å²) in [6.07, 6.45) is 3.38. The van der Waals surface area contributed by atoms with Crippen LogP contribution < -0.4 is 5.32 Å². The van der Waals surface area contributed by atoms with E-state index in [2.05, 4.69) is 39.1 Å². The summed E-state index contributed by atoms with van der Waals surface area (Å²) in [5.41, 5.74) is 1.00. The Morgan fingerprint density at radius 2 is 1.87 bits per heavy atom. The Hall–Kier alpha value is -0.0000000000000000763. The van der Waals surface area contributed by atoms with Crippen LogP contribution in [0.25, 0.3) is 0 Å². The van der Waals surface area contributed by atoms with Crippen molar-refractivity contribution < 1.29 is 8.42 Å². The molecule has 0 radical (unpaired) electrons. The van der Waals surface area contributed by atoms with Crippen molar-refractivity contribution in [2.45, 2.75) is 38.8 Å². The second kappa shape index (κ2) is 3.79. The van der Waals surface area contributed by atoms with Gasteiger partial charge in [-0.05, 0) is 44.1 Å². The van der Waals surface area contributed by atoms with Gasteiger partial charge in [0.1, 0.15) is 0 Å². The van der Waals surface area contributed by atoms with E-state index >= 15 is 0 Å². The molecule has 1 rings (SSSR count). The molecule has 15 heavy (non-hydrogen) atoms. The Bertz CT molecular complexity index is 380. The highest BCUT2D eigenvalue weighted by Gasteiger charge is 2.36. The lowest BCUT2D eigenvalue weighted by Gasteiger charge is -2.28. The van der Waals surface area contributed by atoms with Gasteiger partial charge in [0, 0.05) is 23.1 Å². The minimum Gasteiger partial charge on any atom is -0.300 e. The van der Waals surface area contributed by atoms with Crippen LogP contribution in [0.4, 0.5) is 0 Å². The van der Waals surface area contributed by atoms with Crippen molar-refractivity contribution >= 4 is 19.7 Å². The second-order valence-corrected chi connectivity index (χ2v) is 9.56. The summed E-state index contributed by atoms with van der Waals surface area (Å²) in [7, 11) is -1.95. The lowest BCUT2D eigenvalue weighted by atomic mass is 9.99. The van der Waals surface area contributed by atoms with E-state index in [1.807, 2.05) is 0 Å². The molecule has 0 aliphatic carbocycles. The predicted molar refractivity (Wildman–Crippen MR) is 66.7 cm³/mol. The van der Waals surface area contributed by atoms with E-state index in [9.17, 15) is 8.42 Å². The van der Waals surface area contributed by atoms with Gasteiger partial charge in [-0.25, -0.2) is 8.42 Å². The van der Waals surface area contributed by atoms with Crippen LogP contribution in [0.1, 0.15) is 27.7 Å². The first kappa shape index (κ1) is 13.1. The molecule has 1 aliphatic rings. The lowest BCUT2D eigenvalue weighted by molar-refractivity contribution is 0.388. The normalized spacial score (nSPS) is 23.9. The molecule has 3 nitrogen and oxygen atoms in total. The van der Waals surface area contributed by atoms with E-state index in [4.69, 9.17) is 0 Å². The van der Waals surface area contributed by atoms with Crippen molar-refractivity contribution in [1.82, 2.24) is 5.32 Å². The third-order valence-electron chi connectivity index (χ3n) is 2.40. The fourth-order valence-electron chi connectivity index (χ4n) is 1.93.